The van der Waals surface area contributed by atoms with Crippen molar-refractivity contribution in [2.75, 3.05) is 5.75 Å². The lowest BCUT2D eigenvalue weighted by Crippen LogP contribution is -2.01. The number of aromatic nitrogens is 1. The van der Waals surface area contributed by atoms with Gasteiger partial charge >= 0.3 is 5.97 Å². The molecule has 0 unspecified atom stereocenters. The van der Waals surface area contributed by atoms with Crippen molar-refractivity contribution in [2.45, 2.75) is 12.7 Å². The molecule has 0 aliphatic rings. The van der Waals surface area contributed by atoms with Crippen molar-refractivity contribution in [3.8, 4) is 0 Å². The number of carbonyl (C=O) groups is 1. The first-order valence-electron chi connectivity index (χ1n) is 4.01. The maximum Gasteiger partial charge on any atom is 0.354 e. The van der Waals surface area contributed by atoms with Crippen LogP contribution in [0, 0.1) is 0 Å². The van der Waals surface area contributed by atoms with E-state index in [4.69, 9.17) is 5.11 Å². The molecule has 1 rings (SSSR count). The molecule has 1 N–H and O–H groups in total. The predicted octanol–water partition coefficient (Wildman–Crippen LogP) is 2.03. The van der Waals surface area contributed by atoms with E-state index in [0.29, 0.717) is 0 Å². The van der Waals surface area contributed by atoms with Gasteiger partial charge in [0.05, 0.1) is 5.69 Å². The Morgan fingerprint density at radius 1 is 1.62 bits per heavy atom. The fourth-order valence-electron chi connectivity index (χ4n) is 0.886. The second kappa shape index (κ2) is 4.87. The lowest BCUT2D eigenvalue weighted by molar-refractivity contribution is 0.0690. The number of rotatable bonds is 4. The molecule has 70 valence electrons. The van der Waals surface area contributed by atoms with Crippen molar-refractivity contribution in [3.05, 3.63) is 29.6 Å². The maximum atomic E-state index is 10.6. The number of pyridine rings is 1. The third-order valence-electron chi connectivity index (χ3n) is 1.48. The van der Waals surface area contributed by atoms with E-state index in [-0.39, 0.29) is 5.69 Å². The zero-order valence-electron chi connectivity index (χ0n) is 7.36. The van der Waals surface area contributed by atoms with Gasteiger partial charge in [-0.3, -0.25) is 0 Å². The average Bonchev–Trinajstić information content (AvgIpc) is 2.15. The topological polar surface area (TPSA) is 50.2 Å². The normalized spacial score (nSPS) is 9.92. The Bertz CT molecular complexity index is 301. The molecule has 0 atom stereocenters. The molecule has 0 aromatic carbocycles. The van der Waals surface area contributed by atoms with E-state index < -0.39 is 5.97 Å². The summed E-state index contributed by atoms with van der Waals surface area (Å²) in [6, 6.07) is 5.07. The second-order valence-corrected chi connectivity index (χ2v) is 3.73. The van der Waals surface area contributed by atoms with Gasteiger partial charge in [0.2, 0.25) is 0 Å². The van der Waals surface area contributed by atoms with E-state index in [2.05, 4.69) is 11.9 Å². The molecule has 13 heavy (non-hydrogen) atoms. The standard InChI is InChI=1S/C9H11NO2S/c1-2-13-6-7-4-3-5-8(10-7)9(11)12/h3-5H,2,6H2,1H3,(H,11,12). The summed E-state index contributed by atoms with van der Waals surface area (Å²) >= 11 is 1.73. The molecule has 1 aromatic rings. The highest BCUT2D eigenvalue weighted by atomic mass is 32.2. The van der Waals surface area contributed by atoms with Gasteiger partial charge in [0.15, 0.2) is 0 Å². The van der Waals surface area contributed by atoms with Crippen LogP contribution in [0.25, 0.3) is 0 Å². The van der Waals surface area contributed by atoms with Gasteiger partial charge in [-0.1, -0.05) is 13.0 Å². The molecule has 3 nitrogen and oxygen atoms in total. The Kier molecular flexibility index (Phi) is 3.76. The number of carboxylic acids is 1. The Morgan fingerprint density at radius 3 is 3.00 bits per heavy atom. The zero-order valence-corrected chi connectivity index (χ0v) is 8.17. The molecule has 4 heteroatoms. The molecule has 0 fully saturated rings. The molecule has 0 spiro atoms. The molecule has 0 aliphatic heterocycles. The van der Waals surface area contributed by atoms with Crippen LogP contribution in [0.4, 0.5) is 0 Å². The quantitative estimate of drug-likeness (QED) is 0.802. The molecule has 1 aromatic heterocycles. The molecule has 1 heterocycles. The molecule has 0 aliphatic carbocycles. The lowest BCUT2D eigenvalue weighted by Gasteiger charge is -1.99. The molecular formula is C9H11NO2S. The summed E-state index contributed by atoms with van der Waals surface area (Å²) in [5, 5.41) is 8.67. The van der Waals surface area contributed by atoms with Gasteiger partial charge in [-0.2, -0.15) is 11.8 Å². The van der Waals surface area contributed by atoms with Gasteiger partial charge in [-0.05, 0) is 17.9 Å². The summed E-state index contributed by atoms with van der Waals surface area (Å²) in [7, 11) is 0. The van der Waals surface area contributed by atoms with Crippen LogP contribution in [0.15, 0.2) is 18.2 Å². The molecule has 0 saturated heterocycles. The van der Waals surface area contributed by atoms with Crippen molar-refractivity contribution < 1.29 is 9.90 Å². The van der Waals surface area contributed by atoms with Gasteiger partial charge in [-0.25, -0.2) is 9.78 Å². The van der Waals surface area contributed by atoms with Crippen molar-refractivity contribution in [2.24, 2.45) is 0 Å². The minimum absolute atomic E-state index is 0.120. The predicted molar refractivity (Wildman–Crippen MR) is 53.0 cm³/mol. The smallest absolute Gasteiger partial charge is 0.354 e. The summed E-state index contributed by atoms with van der Waals surface area (Å²) in [6.45, 7) is 2.06. The first-order valence-corrected chi connectivity index (χ1v) is 5.16. The van der Waals surface area contributed by atoms with Gasteiger partial charge in [0, 0.05) is 5.75 Å². The van der Waals surface area contributed by atoms with E-state index in [1.54, 1.807) is 17.8 Å². The van der Waals surface area contributed by atoms with E-state index >= 15 is 0 Å². The van der Waals surface area contributed by atoms with Crippen molar-refractivity contribution >= 4 is 17.7 Å². The van der Waals surface area contributed by atoms with Crippen molar-refractivity contribution in [1.82, 2.24) is 4.98 Å². The molecule has 0 radical (unpaired) electrons. The number of hydrogen-bond donors (Lipinski definition) is 1. The highest BCUT2D eigenvalue weighted by molar-refractivity contribution is 7.98. The zero-order chi connectivity index (χ0) is 9.68. The Hall–Kier alpha value is -1.03. The monoisotopic (exact) mass is 197 g/mol. The highest BCUT2D eigenvalue weighted by Crippen LogP contribution is 2.09. The van der Waals surface area contributed by atoms with Gasteiger partial charge in [0.1, 0.15) is 5.69 Å². The summed E-state index contributed by atoms with van der Waals surface area (Å²) < 4.78 is 0. The molecule has 0 saturated carbocycles. The minimum Gasteiger partial charge on any atom is -0.477 e. The first kappa shape index (κ1) is 10.1. The lowest BCUT2D eigenvalue weighted by atomic mass is 10.3. The van der Waals surface area contributed by atoms with Crippen molar-refractivity contribution in [3.63, 3.8) is 0 Å². The van der Waals surface area contributed by atoms with Crippen LogP contribution in [-0.4, -0.2) is 21.8 Å². The van der Waals surface area contributed by atoms with Crippen LogP contribution < -0.4 is 0 Å². The Balaban J connectivity index is 2.73. The van der Waals surface area contributed by atoms with Crippen LogP contribution in [0.1, 0.15) is 23.1 Å². The van der Waals surface area contributed by atoms with Crippen LogP contribution in [0.2, 0.25) is 0 Å². The average molecular weight is 197 g/mol. The number of hydrogen-bond acceptors (Lipinski definition) is 3. The summed E-state index contributed by atoms with van der Waals surface area (Å²) in [6.07, 6.45) is 0. The van der Waals surface area contributed by atoms with E-state index in [0.717, 1.165) is 17.2 Å². The minimum atomic E-state index is -0.969. The summed E-state index contributed by atoms with van der Waals surface area (Å²) in [4.78, 5) is 14.5. The van der Waals surface area contributed by atoms with Crippen LogP contribution >= 0.6 is 11.8 Å². The number of thioether (sulfide) groups is 1. The van der Waals surface area contributed by atoms with Gasteiger partial charge in [-0.15, -0.1) is 0 Å². The Labute approximate surface area is 81.2 Å². The SMILES string of the molecule is CCSCc1cccc(C(=O)O)n1. The van der Waals surface area contributed by atoms with Gasteiger partial charge < -0.3 is 5.11 Å². The molecular weight excluding hydrogens is 186 g/mol. The highest BCUT2D eigenvalue weighted by Gasteiger charge is 2.04. The summed E-state index contributed by atoms with van der Waals surface area (Å²) in [5.41, 5.74) is 0.945. The van der Waals surface area contributed by atoms with E-state index in [1.807, 2.05) is 6.07 Å². The largest absolute Gasteiger partial charge is 0.477 e. The maximum absolute atomic E-state index is 10.6. The third-order valence-corrected chi connectivity index (χ3v) is 2.39. The molecule has 0 amide bonds. The number of carboxylic acid groups (broad SMARTS) is 1. The number of aromatic carboxylic acids is 1. The van der Waals surface area contributed by atoms with Gasteiger partial charge in [0.25, 0.3) is 0 Å². The first-order chi connectivity index (χ1) is 6.24. The van der Waals surface area contributed by atoms with Crippen LogP contribution in [0.5, 0.6) is 0 Å². The van der Waals surface area contributed by atoms with E-state index in [9.17, 15) is 4.79 Å². The van der Waals surface area contributed by atoms with Crippen LogP contribution in [-0.2, 0) is 5.75 Å². The third kappa shape index (κ3) is 3.06. The molecule has 0 bridgehead atoms. The van der Waals surface area contributed by atoms with E-state index in [1.165, 1.54) is 6.07 Å². The van der Waals surface area contributed by atoms with Crippen LogP contribution in [0.3, 0.4) is 0 Å². The fourth-order valence-corrected chi connectivity index (χ4v) is 1.46. The fraction of sp³-hybridized carbons (Fsp3) is 0.333. The second-order valence-electron chi connectivity index (χ2n) is 2.46. The number of nitrogens with zero attached hydrogens (tertiary/aromatic N) is 1. The summed E-state index contributed by atoms with van der Waals surface area (Å²) in [5.74, 6) is 0.819. The Morgan fingerprint density at radius 2 is 2.38 bits per heavy atom. The van der Waals surface area contributed by atoms with Crippen molar-refractivity contribution in [1.29, 1.82) is 0 Å².